The molecule has 206 valence electrons. The average molecular weight is 544 g/mol. The van der Waals surface area contributed by atoms with Crippen molar-refractivity contribution in [2.24, 2.45) is 5.92 Å². The molecule has 41 heavy (non-hydrogen) atoms. The Morgan fingerprint density at radius 3 is 2.44 bits per heavy atom. The topological polar surface area (TPSA) is 100 Å². The molecule has 0 radical (unpaired) electrons. The van der Waals surface area contributed by atoms with Crippen LogP contribution in [-0.2, 0) is 0 Å². The zero-order chi connectivity index (χ0) is 28.0. The first-order valence-corrected chi connectivity index (χ1v) is 14.3. The molecule has 2 saturated carbocycles. The van der Waals surface area contributed by atoms with E-state index in [1.807, 2.05) is 66.7 Å². The van der Waals surface area contributed by atoms with Gasteiger partial charge in [-0.05, 0) is 93.0 Å². The van der Waals surface area contributed by atoms with E-state index in [0.29, 0.717) is 18.3 Å². The predicted molar refractivity (Wildman–Crippen MR) is 161 cm³/mol. The first kappa shape index (κ1) is 26.7. The monoisotopic (exact) mass is 543 g/mol. The Balaban J connectivity index is 1.15. The van der Waals surface area contributed by atoms with E-state index in [4.69, 9.17) is 4.98 Å². The van der Waals surface area contributed by atoms with Gasteiger partial charge in [0.1, 0.15) is 5.82 Å². The average Bonchev–Trinajstić information content (AvgIpc) is 3.83. The van der Waals surface area contributed by atoms with Gasteiger partial charge in [-0.15, -0.1) is 0 Å². The number of aliphatic hydroxyl groups is 1. The number of hydrogen-bond donors (Lipinski definition) is 3. The summed E-state index contributed by atoms with van der Waals surface area (Å²) in [4.78, 5) is 26.3. The second-order valence-electron chi connectivity index (χ2n) is 10.9. The van der Waals surface area contributed by atoms with Crippen LogP contribution in [0.15, 0.2) is 79.1 Å². The van der Waals surface area contributed by atoms with Gasteiger partial charge in [-0.2, -0.15) is 4.98 Å². The van der Waals surface area contributed by atoms with Gasteiger partial charge in [0.2, 0.25) is 5.95 Å². The van der Waals surface area contributed by atoms with Crippen LogP contribution in [0.2, 0.25) is 0 Å². The molecule has 2 aromatic carbocycles. The minimum absolute atomic E-state index is 0.206. The highest BCUT2D eigenvalue weighted by atomic mass is 16.3. The lowest BCUT2D eigenvalue weighted by atomic mass is 9.93. The molecule has 0 saturated heterocycles. The Morgan fingerprint density at radius 1 is 0.878 bits per heavy atom. The highest BCUT2D eigenvalue weighted by Crippen LogP contribution is 2.33. The minimum atomic E-state index is -0.218. The molecule has 0 atom stereocenters. The van der Waals surface area contributed by atoms with E-state index in [2.05, 4.69) is 32.4 Å². The van der Waals surface area contributed by atoms with Crippen LogP contribution in [0, 0.1) is 17.8 Å². The summed E-state index contributed by atoms with van der Waals surface area (Å²) in [6.07, 6.45) is 9.66. The first-order chi connectivity index (χ1) is 20.1. The second-order valence-corrected chi connectivity index (χ2v) is 10.9. The largest absolute Gasteiger partial charge is 0.393 e. The Bertz CT molecular complexity index is 1560. The van der Waals surface area contributed by atoms with Gasteiger partial charge in [-0.1, -0.05) is 30.0 Å². The van der Waals surface area contributed by atoms with Crippen LogP contribution in [0.1, 0.15) is 66.4 Å². The van der Waals surface area contributed by atoms with E-state index in [0.717, 1.165) is 65.1 Å². The maximum absolute atomic E-state index is 12.5. The molecule has 7 heteroatoms. The fourth-order valence-corrected chi connectivity index (χ4v) is 5.06. The Hall–Kier alpha value is -4.54. The van der Waals surface area contributed by atoms with Gasteiger partial charge in [0.25, 0.3) is 0 Å². The Labute approximate surface area is 240 Å². The van der Waals surface area contributed by atoms with Gasteiger partial charge in [-0.25, -0.2) is 4.98 Å². The number of pyridine rings is 1. The molecule has 2 heterocycles. The number of carbonyl (C=O) groups excluding carboxylic acids is 1. The summed E-state index contributed by atoms with van der Waals surface area (Å²) in [6, 6.07) is 21.4. The quantitative estimate of drug-likeness (QED) is 0.175. The van der Waals surface area contributed by atoms with Crippen molar-refractivity contribution in [3.05, 3.63) is 95.8 Å². The summed E-state index contributed by atoms with van der Waals surface area (Å²) in [5.41, 5.74) is 4.94. The van der Waals surface area contributed by atoms with E-state index in [1.54, 1.807) is 12.4 Å². The van der Waals surface area contributed by atoms with Crippen molar-refractivity contribution in [3.63, 3.8) is 0 Å². The van der Waals surface area contributed by atoms with Gasteiger partial charge < -0.3 is 15.7 Å². The fraction of sp³-hybridized carbons (Fsp3) is 0.294. The summed E-state index contributed by atoms with van der Waals surface area (Å²) in [7, 11) is 0. The van der Waals surface area contributed by atoms with Gasteiger partial charge in [-0.3, -0.25) is 9.78 Å². The third-order valence-electron chi connectivity index (χ3n) is 7.61. The molecular formula is C34H33N5O2. The lowest BCUT2D eigenvalue weighted by molar-refractivity contribution is 0.0976. The van der Waals surface area contributed by atoms with Crippen molar-refractivity contribution in [1.82, 2.24) is 15.0 Å². The number of nitrogens with one attached hydrogen (secondary N) is 2. The van der Waals surface area contributed by atoms with Crippen LogP contribution in [-0.4, -0.2) is 38.0 Å². The van der Waals surface area contributed by atoms with Crippen LogP contribution < -0.4 is 10.6 Å². The normalized spacial score (nSPS) is 18.2. The smallest absolute Gasteiger partial charge is 0.229 e. The molecule has 0 spiro atoms. The summed E-state index contributed by atoms with van der Waals surface area (Å²) in [5, 5.41) is 16.8. The van der Waals surface area contributed by atoms with Crippen LogP contribution in [0.5, 0.6) is 0 Å². The fourth-order valence-electron chi connectivity index (χ4n) is 5.06. The van der Waals surface area contributed by atoms with Gasteiger partial charge in [0, 0.05) is 47.2 Å². The summed E-state index contributed by atoms with van der Waals surface area (Å²) in [6.45, 7) is 0. The van der Waals surface area contributed by atoms with Crippen molar-refractivity contribution < 1.29 is 9.90 Å². The SMILES string of the molecule is O=C(CC1CC1)c1cccc(C#Cc2ccc(Nc3ncc(-c4ccccn4)c(NC4CCC(O)CC4)n3)cc2)c1. The molecule has 6 rings (SSSR count). The standard InChI is InChI=1S/C34H33N5O2/c40-29-17-15-27(16-18-29)37-33-30(31-6-1-2-19-35-31)22-36-34(39-33)38-28-13-11-23(12-14-28)7-8-24-4-3-5-26(20-24)32(41)21-25-9-10-25/h1-6,11-14,19-20,22,25,27,29,40H,9-10,15-18,21H2,(H2,36,37,38,39). The van der Waals surface area contributed by atoms with E-state index in [-0.39, 0.29) is 17.9 Å². The van der Waals surface area contributed by atoms with Gasteiger partial charge >= 0.3 is 0 Å². The summed E-state index contributed by atoms with van der Waals surface area (Å²) in [5.74, 6) is 8.37. The molecule has 0 unspecified atom stereocenters. The maximum Gasteiger partial charge on any atom is 0.229 e. The number of benzene rings is 2. The van der Waals surface area contributed by atoms with Crippen molar-refractivity contribution in [2.45, 2.75) is 57.1 Å². The van der Waals surface area contributed by atoms with Gasteiger partial charge in [0.15, 0.2) is 5.78 Å². The third kappa shape index (κ3) is 7.16. The molecule has 2 aromatic heterocycles. The Morgan fingerprint density at radius 2 is 1.68 bits per heavy atom. The van der Waals surface area contributed by atoms with Crippen LogP contribution >= 0.6 is 0 Å². The van der Waals surface area contributed by atoms with Crippen LogP contribution in [0.25, 0.3) is 11.3 Å². The maximum atomic E-state index is 12.5. The molecule has 3 N–H and O–H groups in total. The zero-order valence-electron chi connectivity index (χ0n) is 22.9. The lowest BCUT2D eigenvalue weighted by Gasteiger charge is -2.27. The number of hydrogen-bond acceptors (Lipinski definition) is 7. The van der Waals surface area contributed by atoms with Crippen molar-refractivity contribution in [3.8, 4) is 23.1 Å². The van der Waals surface area contributed by atoms with E-state index in [1.165, 1.54) is 12.8 Å². The zero-order valence-corrected chi connectivity index (χ0v) is 22.9. The molecule has 2 aliphatic carbocycles. The number of nitrogens with zero attached hydrogens (tertiary/aromatic N) is 3. The predicted octanol–water partition coefficient (Wildman–Crippen LogP) is 6.38. The first-order valence-electron chi connectivity index (χ1n) is 14.3. The van der Waals surface area contributed by atoms with Crippen molar-refractivity contribution in [2.75, 3.05) is 10.6 Å². The summed E-state index contributed by atoms with van der Waals surface area (Å²) < 4.78 is 0. The number of ketones is 1. The highest BCUT2D eigenvalue weighted by molar-refractivity contribution is 5.96. The number of anilines is 3. The van der Waals surface area contributed by atoms with Crippen LogP contribution in [0.3, 0.4) is 0 Å². The number of aromatic nitrogens is 3. The molecule has 0 bridgehead atoms. The lowest BCUT2D eigenvalue weighted by Crippen LogP contribution is -2.29. The molecule has 4 aromatic rings. The molecule has 0 aliphatic heterocycles. The number of Topliss-reactive ketones (excluding diaryl/α,β-unsaturated/α-hetero) is 1. The van der Waals surface area contributed by atoms with Crippen LogP contribution in [0.4, 0.5) is 17.5 Å². The second kappa shape index (κ2) is 12.3. The number of carbonyl (C=O) groups is 1. The van der Waals surface area contributed by atoms with Gasteiger partial charge in [0.05, 0.1) is 17.4 Å². The molecule has 7 nitrogen and oxygen atoms in total. The molecule has 2 aliphatic rings. The molecule has 2 fully saturated rings. The molecule has 0 amide bonds. The molecular weight excluding hydrogens is 510 g/mol. The van der Waals surface area contributed by atoms with Crippen molar-refractivity contribution >= 4 is 23.2 Å². The van der Waals surface area contributed by atoms with Crippen molar-refractivity contribution in [1.29, 1.82) is 0 Å². The van der Waals surface area contributed by atoms with E-state index in [9.17, 15) is 9.90 Å². The number of rotatable bonds is 8. The third-order valence-corrected chi connectivity index (χ3v) is 7.61. The van der Waals surface area contributed by atoms with E-state index >= 15 is 0 Å². The minimum Gasteiger partial charge on any atom is -0.393 e. The summed E-state index contributed by atoms with van der Waals surface area (Å²) >= 11 is 0. The Kier molecular flexibility index (Phi) is 8.01. The highest BCUT2D eigenvalue weighted by Gasteiger charge is 2.25. The number of aliphatic hydroxyl groups excluding tert-OH is 1. The van der Waals surface area contributed by atoms with E-state index < -0.39 is 0 Å².